The van der Waals surface area contributed by atoms with Crippen molar-refractivity contribution >= 4 is 27.7 Å². The number of carbonyl (C=O) groups is 2. The third kappa shape index (κ3) is 3.60. The number of methoxy groups -OCH3 is 2. The van der Waals surface area contributed by atoms with Crippen LogP contribution in [0.4, 0.5) is 0 Å². The fourth-order valence-electron chi connectivity index (χ4n) is 1.35. The number of nitrogens with one attached hydrogen (secondary N) is 1. The Bertz CT molecular complexity index is 479. The van der Waals surface area contributed by atoms with Crippen molar-refractivity contribution in [2.45, 2.75) is 13.0 Å². The predicted octanol–water partition coefficient (Wildman–Crippen LogP) is 1.07. The molecular formula is C12H15BrN2O4. The van der Waals surface area contributed by atoms with Gasteiger partial charge in [0.15, 0.2) is 0 Å². The molecule has 1 aromatic carbocycles. The molecule has 0 heterocycles. The maximum Gasteiger partial charge on any atom is 0.252 e. The first-order valence-electron chi connectivity index (χ1n) is 5.42. The summed E-state index contributed by atoms with van der Waals surface area (Å²) in [5, 5.41) is 2.48. The second-order valence-electron chi connectivity index (χ2n) is 3.79. The van der Waals surface area contributed by atoms with Gasteiger partial charge < -0.3 is 20.5 Å². The Kier molecular flexibility index (Phi) is 5.17. The van der Waals surface area contributed by atoms with E-state index in [1.54, 1.807) is 0 Å². The van der Waals surface area contributed by atoms with E-state index in [0.29, 0.717) is 21.5 Å². The summed E-state index contributed by atoms with van der Waals surface area (Å²) < 4.78 is 10.9. The number of hydrogen-bond acceptors (Lipinski definition) is 4. The van der Waals surface area contributed by atoms with Crippen molar-refractivity contribution in [2.24, 2.45) is 5.73 Å². The lowest BCUT2D eigenvalue weighted by atomic mass is 10.1. The molecule has 2 amide bonds. The number of benzene rings is 1. The fourth-order valence-corrected chi connectivity index (χ4v) is 1.90. The van der Waals surface area contributed by atoms with Gasteiger partial charge in [-0.2, -0.15) is 0 Å². The molecule has 0 aliphatic rings. The third-order valence-corrected chi connectivity index (χ3v) is 3.26. The number of ether oxygens (including phenoxy) is 2. The van der Waals surface area contributed by atoms with Gasteiger partial charge in [-0.1, -0.05) is 0 Å². The number of rotatable bonds is 5. The largest absolute Gasteiger partial charge is 0.495 e. The Balaban J connectivity index is 3.06. The van der Waals surface area contributed by atoms with Crippen molar-refractivity contribution in [2.75, 3.05) is 14.2 Å². The summed E-state index contributed by atoms with van der Waals surface area (Å²) in [6.45, 7) is 1.51. The van der Waals surface area contributed by atoms with E-state index < -0.39 is 17.9 Å². The highest BCUT2D eigenvalue weighted by Gasteiger charge is 2.17. The summed E-state index contributed by atoms with van der Waals surface area (Å²) in [7, 11) is 2.96. The van der Waals surface area contributed by atoms with Crippen LogP contribution in [0.2, 0.25) is 0 Å². The van der Waals surface area contributed by atoms with Crippen LogP contribution in [0.25, 0.3) is 0 Å². The molecule has 0 radical (unpaired) electrons. The van der Waals surface area contributed by atoms with E-state index in [2.05, 4.69) is 21.2 Å². The Hall–Kier alpha value is -1.76. The molecule has 0 saturated carbocycles. The zero-order valence-electron chi connectivity index (χ0n) is 10.8. The van der Waals surface area contributed by atoms with Gasteiger partial charge in [0.05, 0.1) is 14.2 Å². The van der Waals surface area contributed by atoms with Crippen molar-refractivity contribution in [1.82, 2.24) is 5.32 Å². The van der Waals surface area contributed by atoms with Crippen LogP contribution in [0.1, 0.15) is 17.3 Å². The first-order valence-corrected chi connectivity index (χ1v) is 6.21. The second-order valence-corrected chi connectivity index (χ2v) is 4.59. The summed E-state index contributed by atoms with van der Waals surface area (Å²) in [4.78, 5) is 22.9. The van der Waals surface area contributed by atoms with Gasteiger partial charge >= 0.3 is 0 Å². The van der Waals surface area contributed by atoms with Crippen LogP contribution >= 0.6 is 15.9 Å². The smallest absolute Gasteiger partial charge is 0.252 e. The van der Waals surface area contributed by atoms with Gasteiger partial charge in [0.1, 0.15) is 22.0 Å². The monoisotopic (exact) mass is 330 g/mol. The lowest BCUT2D eigenvalue weighted by Crippen LogP contribution is -2.42. The molecule has 0 spiro atoms. The first kappa shape index (κ1) is 15.3. The van der Waals surface area contributed by atoms with E-state index in [9.17, 15) is 9.59 Å². The maximum absolute atomic E-state index is 12.0. The highest BCUT2D eigenvalue weighted by atomic mass is 79.9. The molecule has 3 N–H and O–H groups in total. The lowest BCUT2D eigenvalue weighted by molar-refractivity contribution is -0.119. The number of halogens is 1. The molecule has 0 saturated heterocycles. The average Bonchev–Trinajstić information content (AvgIpc) is 2.38. The molecule has 1 atom stereocenters. The van der Waals surface area contributed by atoms with Crippen molar-refractivity contribution in [3.63, 3.8) is 0 Å². The minimum atomic E-state index is -0.756. The van der Waals surface area contributed by atoms with Crippen LogP contribution in [-0.4, -0.2) is 32.1 Å². The number of primary amides is 1. The summed E-state index contributed by atoms with van der Waals surface area (Å²) >= 11 is 3.30. The number of hydrogen-bond donors (Lipinski definition) is 2. The molecule has 19 heavy (non-hydrogen) atoms. The number of carbonyl (C=O) groups excluding carboxylic acids is 2. The molecule has 6 nitrogen and oxygen atoms in total. The Morgan fingerprint density at radius 3 is 2.11 bits per heavy atom. The van der Waals surface area contributed by atoms with Crippen LogP contribution < -0.4 is 20.5 Å². The Morgan fingerprint density at radius 2 is 1.74 bits per heavy atom. The molecule has 0 bridgehead atoms. The molecule has 7 heteroatoms. The molecule has 1 aromatic rings. The summed E-state index contributed by atoms with van der Waals surface area (Å²) in [5.74, 6) is -0.132. The predicted molar refractivity (Wildman–Crippen MR) is 73.4 cm³/mol. The van der Waals surface area contributed by atoms with Gasteiger partial charge in [-0.3, -0.25) is 9.59 Å². The highest BCUT2D eigenvalue weighted by Crippen LogP contribution is 2.35. The molecule has 1 unspecified atom stereocenters. The van der Waals surface area contributed by atoms with E-state index >= 15 is 0 Å². The fraction of sp³-hybridized carbons (Fsp3) is 0.333. The van der Waals surface area contributed by atoms with E-state index in [1.165, 1.54) is 33.3 Å². The van der Waals surface area contributed by atoms with Crippen LogP contribution in [0, 0.1) is 0 Å². The van der Waals surface area contributed by atoms with Crippen molar-refractivity contribution in [3.05, 3.63) is 22.2 Å². The number of amides is 2. The topological polar surface area (TPSA) is 90.6 Å². The molecule has 104 valence electrons. The van der Waals surface area contributed by atoms with Crippen molar-refractivity contribution < 1.29 is 19.1 Å². The zero-order chi connectivity index (χ0) is 14.6. The quantitative estimate of drug-likeness (QED) is 0.844. The van der Waals surface area contributed by atoms with Crippen molar-refractivity contribution in [3.8, 4) is 11.5 Å². The average molecular weight is 331 g/mol. The van der Waals surface area contributed by atoms with Gasteiger partial charge in [-0.25, -0.2) is 0 Å². The molecule has 0 aliphatic carbocycles. The molecule has 1 rings (SSSR count). The van der Waals surface area contributed by atoms with E-state index in [-0.39, 0.29) is 0 Å². The molecule has 0 aliphatic heterocycles. The third-order valence-electron chi connectivity index (χ3n) is 2.48. The molecule has 0 aromatic heterocycles. The van der Waals surface area contributed by atoms with Crippen molar-refractivity contribution in [1.29, 1.82) is 0 Å². The SMILES string of the molecule is COc1cc(C(=O)NC(C)C(N)=O)cc(OC)c1Br. The van der Waals surface area contributed by atoms with Crippen LogP contribution in [-0.2, 0) is 4.79 Å². The van der Waals surface area contributed by atoms with Gasteiger partial charge in [-0.15, -0.1) is 0 Å². The standard InChI is InChI=1S/C12H15BrN2O4/c1-6(11(14)16)15-12(17)7-4-8(18-2)10(13)9(5-7)19-3/h4-6H,1-3H3,(H2,14,16)(H,15,17). The van der Waals surface area contributed by atoms with Gasteiger partial charge in [0.25, 0.3) is 5.91 Å². The van der Waals surface area contributed by atoms with Gasteiger partial charge in [0, 0.05) is 5.56 Å². The van der Waals surface area contributed by atoms with E-state index in [4.69, 9.17) is 15.2 Å². The normalized spacial score (nSPS) is 11.6. The summed E-state index contributed by atoms with van der Waals surface area (Å²) in [5.41, 5.74) is 5.40. The molecule has 0 fully saturated rings. The maximum atomic E-state index is 12.0. The van der Waals surface area contributed by atoms with Gasteiger partial charge in [-0.05, 0) is 35.0 Å². The van der Waals surface area contributed by atoms with Crippen LogP contribution in [0.15, 0.2) is 16.6 Å². The minimum Gasteiger partial charge on any atom is -0.495 e. The second kappa shape index (κ2) is 6.42. The van der Waals surface area contributed by atoms with Crippen LogP contribution in [0.3, 0.4) is 0 Å². The highest BCUT2D eigenvalue weighted by molar-refractivity contribution is 9.10. The Morgan fingerprint density at radius 1 is 1.26 bits per heavy atom. The Labute approximate surface area is 119 Å². The summed E-state index contributed by atoms with van der Waals surface area (Å²) in [6, 6.07) is 2.32. The van der Waals surface area contributed by atoms with Gasteiger partial charge in [0.2, 0.25) is 5.91 Å². The lowest BCUT2D eigenvalue weighted by Gasteiger charge is -2.13. The minimum absolute atomic E-state index is 0.310. The zero-order valence-corrected chi connectivity index (χ0v) is 12.4. The van der Waals surface area contributed by atoms with E-state index in [1.807, 2.05) is 0 Å². The van der Waals surface area contributed by atoms with Crippen LogP contribution in [0.5, 0.6) is 11.5 Å². The molecular weight excluding hydrogens is 316 g/mol. The number of nitrogens with two attached hydrogens (primary N) is 1. The summed E-state index contributed by atoms with van der Waals surface area (Å²) in [6.07, 6.45) is 0. The van der Waals surface area contributed by atoms with E-state index in [0.717, 1.165) is 0 Å². The first-order chi connectivity index (χ1) is 8.90.